The first-order valence-electron chi connectivity index (χ1n) is 12.9. The Hall–Kier alpha value is -4.45. The molecule has 5 aromatic rings. The van der Waals surface area contributed by atoms with Crippen molar-refractivity contribution >= 4 is 28.5 Å². The summed E-state index contributed by atoms with van der Waals surface area (Å²) in [6.45, 7) is 0.315. The minimum Gasteiger partial charge on any atom is -0.481 e. The molecule has 40 heavy (non-hydrogen) atoms. The first-order valence-corrected chi connectivity index (χ1v) is 13.8. The van der Waals surface area contributed by atoms with Gasteiger partial charge in [-0.15, -0.1) is 11.3 Å². The number of ether oxygens (including phenoxy) is 2. The number of carboxylic acid groups (broad SMARTS) is 1. The summed E-state index contributed by atoms with van der Waals surface area (Å²) in [6.07, 6.45) is 8.25. The second-order valence-electron chi connectivity index (χ2n) is 9.63. The van der Waals surface area contributed by atoms with Crippen molar-refractivity contribution < 1.29 is 23.8 Å². The predicted octanol–water partition coefficient (Wildman–Crippen LogP) is 5.67. The Morgan fingerprint density at radius 3 is 2.60 bits per heavy atom. The number of imidazole rings is 1. The number of aromatic amines is 1. The maximum Gasteiger partial charge on any atom is 0.316 e. The molecule has 204 valence electrons. The number of hydrogen-bond acceptors (Lipinski definition) is 9. The van der Waals surface area contributed by atoms with Crippen LogP contribution in [-0.2, 0) is 11.4 Å². The second-order valence-corrected chi connectivity index (χ2v) is 10.6. The number of benzene rings is 1. The third-order valence-corrected chi connectivity index (χ3v) is 7.62. The van der Waals surface area contributed by atoms with E-state index in [1.54, 1.807) is 42.9 Å². The number of halogens is 1. The summed E-state index contributed by atoms with van der Waals surface area (Å²) in [7, 11) is 0. The maximum absolute atomic E-state index is 15.2. The number of carbonyl (C=O) groups is 1. The van der Waals surface area contributed by atoms with Crippen molar-refractivity contribution in [3.8, 4) is 34.4 Å². The fraction of sp³-hybridized carbons (Fsp3) is 0.286. The van der Waals surface area contributed by atoms with E-state index in [4.69, 9.17) is 14.6 Å². The van der Waals surface area contributed by atoms with Crippen molar-refractivity contribution in [2.75, 3.05) is 0 Å². The van der Waals surface area contributed by atoms with Crippen LogP contribution >= 0.6 is 11.3 Å². The number of nitrogens with zero attached hydrogens (tertiary/aromatic N) is 5. The highest BCUT2D eigenvalue weighted by molar-refractivity contribution is 7.09. The molecular formula is C28H25FN6O4S. The fourth-order valence-electron chi connectivity index (χ4n) is 4.81. The highest BCUT2D eigenvalue weighted by Crippen LogP contribution is 2.30. The normalized spacial score (nSPS) is 17.1. The van der Waals surface area contributed by atoms with Crippen LogP contribution in [0.15, 0.2) is 54.3 Å². The van der Waals surface area contributed by atoms with Gasteiger partial charge >= 0.3 is 12.0 Å². The number of aliphatic carboxylic acids is 1. The monoisotopic (exact) mass is 560 g/mol. The quantitative estimate of drug-likeness (QED) is 0.234. The lowest BCUT2D eigenvalue weighted by Crippen LogP contribution is -2.25. The molecule has 0 radical (unpaired) electrons. The molecule has 1 aliphatic rings. The Balaban J connectivity index is 1.11. The van der Waals surface area contributed by atoms with Crippen LogP contribution in [0.25, 0.3) is 33.7 Å². The van der Waals surface area contributed by atoms with E-state index in [0.717, 1.165) is 30.7 Å². The number of nitrogens with one attached hydrogen (secondary N) is 1. The lowest BCUT2D eigenvalue weighted by molar-refractivity contribution is -0.138. The van der Waals surface area contributed by atoms with Gasteiger partial charge in [0.15, 0.2) is 5.65 Å². The zero-order valence-electron chi connectivity index (χ0n) is 21.3. The standard InChI is InChI=1S/C28H25FN6O4S/c29-21-12-17(18-13-31-28(32-14-18)39-19-4-1-16(2-5-19)11-25(36)37)3-6-20(21)26-33-22-7-8-23(34-27(22)35-26)38-15-24-30-9-10-40-24/h3,6-10,12-14,16,19H,1-2,4-5,11,15H2,(H,36,37)(H,33,34,35). The van der Waals surface area contributed by atoms with E-state index in [0.29, 0.717) is 46.2 Å². The molecule has 2 N–H and O–H groups in total. The van der Waals surface area contributed by atoms with Gasteiger partial charge in [-0.1, -0.05) is 6.07 Å². The molecular weight excluding hydrogens is 535 g/mol. The molecule has 0 aliphatic heterocycles. The van der Waals surface area contributed by atoms with E-state index >= 15 is 4.39 Å². The summed E-state index contributed by atoms with van der Waals surface area (Å²) in [5.41, 5.74) is 2.67. The molecule has 12 heteroatoms. The van der Waals surface area contributed by atoms with E-state index < -0.39 is 11.8 Å². The first-order chi connectivity index (χ1) is 19.5. The minimum atomic E-state index is -0.759. The van der Waals surface area contributed by atoms with Crippen molar-refractivity contribution in [2.24, 2.45) is 5.92 Å². The SMILES string of the molecule is O=C(O)CC1CCC(Oc2ncc(-c3ccc(-c4nc5nc(OCc6nccs6)ccc5[nH]4)c(F)c3)cn2)CC1. The molecule has 0 saturated heterocycles. The van der Waals surface area contributed by atoms with Gasteiger partial charge in [-0.2, -0.15) is 4.98 Å². The van der Waals surface area contributed by atoms with E-state index in [1.807, 2.05) is 5.38 Å². The van der Waals surface area contributed by atoms with Crippen LogP contribution in [0.3, 0.4) is 0 Å². The zero-order valence-corrected chi connectivity index (χ0v) is 22.1. The maximum atomic E-state index is 15.2. The number of carboxylic acids is 1. The van der Waals surface area contributed by atoms with Gasteiger partial charge in [-0.3, -0.25) is 4.79 Å². The molecule has 4 aromatic heterocycles. The third-order valence-electron chi connectivity index (χ3n) is 6.86. The summed E-state index contributed by atoms with van der Waals surface area (Å²) < 4.78 is 26.8. The number of rotatable bonds is 9. The Kier molecular flexibility index (Phi) is 7.32. The van der Waals surface area contributed by atoms with Gasteiger partial charge in [-0.05, 0) is 55.4 Å². The lowest BCUT2D eigenvalue weighted by Gasteiger charge is -2.27. The molecule has 0 spiro atoms. The number of fused-ring (bicyclic) bond motifs is 1. The van der Waals surface area contributed by atoms with Gasteiger partial charge in [0.25, 0.3) is 0 Å². The Morgan fingerprint density at radius 2 is 1.88 bits per heavy atom. The Morgan fingerprint density at radius 1 is 1.05 bits per heavy atom. The van der Waals surface area contributed by atoms with E-state index in [1.165, 1.54) is 17.4 Å². The molecule has 0 atom stereocenters. The topological polar surface area (TPSA) is 136 Å². The number of thiazole rings is 1. The summed E-state index contributed by atoms with van der Waals surface area (Å²) in [5.74, 6) is -0.239. The molecule has 0 amide bonds. The fourth-order valence-corrected chi connectivity index (χ4v) is 5.33. The number of H-pyrrole nitrogens is 1. The Bertz CT molecular complexity index is 1620. The molecule has 10 nitrogen and oxygen atoms in total. The molecule has 0 unspecified atom stereocenters. The van der Waals surface area contributed by atoms with Gasteiger partial charge in [0.1, 0.15) is 29.4 Å². The predicted molar refractivity (Wildman–Crippen MR) is 145 cm³/mol. The van der Waals surface area contributed by atoms with Crippen LogP contribution < -0.4 is 9.47 Å². The number of hydrogen-bond donors (Lipinski definition) is 2. The van der Waals surface area contributed by atoms with Crippen molar-refractivity contribution in [3.63, 3.8) is 0 Å². The highest BCUT2D eigenvalue weighted by Gasteiger charge is 2.24. The molecule has 6 rings (SSSR count). The van der Waals surface area contributed by atoms with Crippen LogP contribution in [0.1, 0.15) is 37.1 Å². The number of aromatic nitrogens is 6. The van der Waals surface area contributed by atoms with Gasteiger partial charge in [-0.25, -0.2) is 24.3 Å². The summed E-state index contributed by atoms with van der Waals surface area (Å²) >= 11 is 1.50. The highest BCUT2D eigenvalue weighted by atomic mass is 32.1. The van der Waals surface area contributed by atoms with Crippen LogP contribution in [-0.4, -0.2) is 47.1 Å². The van der Waals surface area contributed by atoms with Gasteiger partial charge < -0.3 is 19.6 Å². The molecule has 1 fully saturated rings. The van der Waals surface area contributed by atoms with Crippen LogP contribution in [0, 0.1) is 11.7 Å². The molecule has 1 saturated carbocycles. The molecule has 0 bridgehead atoms. The van der Waals surface area contributed by atoms with Gasteiger partial charge in [0, 0.05) is 42.0 Å². The average Bonchev–Trinajstić information content (AvgIpc) is 3.63. The van der Waals surface area contributed by atoms with Crippen molar-refractivity contribution in [3.05, 3.63) is 65.1 Å². The van der Waals surface area contributed by atoms with E-state index in [-0.39, 0.29) is 24.5 Å². The van der Waals surface area contributed by atoms with Crippen molar-refractivity contribution in [2.45, 2.75) is 44.8 Å². The van der Waals surface area contributed by atoms with Gasteiger partial charge in [0.2, 0.25) is 5.88 Å². The van der Waals surface area contributed by atoms with E-state index in [9.17, 15) is 4.79 Å². The zero-order chi connectivity index (χ0) is 27.5. The minimum absolute atomic E-state index is 0.0356. The smallest absolute Gasteiger partial charge is 0.316 e. The molecule has 1 aliphatic carbocycles. The first kappa shape index (κ1) is 25.8. The van der Waals surface area contributed by atoms with E-state index in [2.05, 4.69) is 29.9 Å². The summed E-state index contributed by atoms with van der Waals surface area (Å²) in [6, 6.07) is 8.64. The van der Waals surface area contributed by atoms with Gasteiger partial charge in [0.05, 0.1) is 11.1 Å². The van der Waals surface area contributed by atoms with Crippen molar-refractivity contribution in [1.82, 2.24) is 29.9 Å². The lowest BCUT2D eigenvalue weighted by atomic mass is 9.85. The number of pyridine rings is 1. The summed E-state index contributed by atoms with van der Waals surface area (Å²) in [5, 5.41) is 11.7. The average molecular weight is 561 g/mol. The molecule has 1 aromatic carbocycles. The van der Waals surface area contributed by atoms with Crippen LogP contribution in [0.4, 0.5) is 4.39 Å². The van der Waals surface area contributed by atoms with Crippen LogP contribution in [0.5, 0.6) is 11.9 Å². The molecule has 4 heterocycles. The Labute approximate surface area is 232 Å². The van der Waals surface area contributed by atoms with Crippen molar-refractivity contribution in [1.29, 1.82) is 0 Å². The largest absolute Gasteiger partial charge is 0.481 e. The summed E-state index contributed by atoms with van der Waals surface area (Å²) in [4.78, 5) is 35.7. The van der Waals surface area contributed by atoms with Crippen LogP contribution in [0.2, 0.25) is 0 Å². The third kappa shape index (κ3) is 5.91. The second kappa shape index (κ2) is 11.3.